The Bertz CT molecular complexity index is 239. The molecule has 11 heavy (non-hydrogen) atoms. The third kappa shape index (κ3) is 1.60. The number of aryl methyl sites for hydroxylation is 2. The average Bonchev–Trinajstić information content (AvgIpc) is 2.28. The summed E-state index contributed by atoms with van der Waals surface area (Å²) in [6.45, 7) is 6.13. The molecule has 0 aliphatic carbocycles. The van der Waals surface area contributed by atoms with E-state index in [2.05, 4.69) is 28.0 Å². The van der Waals surface area contributed by atoms with Crippen molar-refractivity contribution in [2.24, 2.45) is 0 Å². The lowest BCUT2D eigenvalue weighted by atomic mass is 10.5. The molecule has 1 heterocycles. The van der Waals surface area contributed by atoms with Crippen LogP contribution in [0.15, 0.2) is 6.20 Å². The second-order valence-electron chi connectivity index (χ2n) is 2.80. The highest BCUT2D eigenvalue weighted by molar-refractivity contribution is 5.01. The highest BCUT2D eigenvalue weighted by atomic mass is 15.2. The van der Waals surface area contributed by atoms with Crippen molar-refractivity contribution in [2.45, 2.75) is 26.9 Å². The topological polar surface area (TPSA) is 29.9 Å². The summed E-state index contributed by atoms with van der Waals surface area (Å²) >= 11 is 0. The van der Waals surface area contributed by atoms with Gasteiger partial charge in [-0.25, -0.2) is 4.98 Å². The number of nitrogens with zero attached hydrogens (tertiary/aromatic N) is 2. The lowest BCUT2D eigenvalue weighted by Gasteiger charge is -2.12. The van der Waals surface area contributed by atoms with E-state index in [0.29, 0.717) is 6.17 Å². The number of aromatic nitrogens is 2. The molecule has 3 nitrogen and oxygen atoms in total. The first-order chi connectivity index (χ1) is 5.15. The number of nitrogens with one attached hydrogen (secondary N) is 1. The van der Waals surface area contributed by atoms with Crippen molar-refractivity contribution in [2.75, 3.05) is 7.05 Å². The predicted molar refractivity (Wildman–Crippen MR) is 45.5 cm³/mol. The van der Waals surface area contributed by atoms with E-state index >= 15 is 0 Å². The molecule has 0 radical (unpaired) electrons. The Labute approximate surface area is 67.4 Å². The van der Waals surface area contributed by atoms with Crippen molar-refractivity contribution in [1.29, 1.82) is 0 Å². The van der Waals surface area contributed by atoms with E-state index in [4.69, 9.17) is 0 Å². The molecule has 62 valence electrons. The van der Waals surface area contributed by atoms with E-state index in [1.165, 1.54) is 0 Å². The normalized spacial score (nSPS) is 13.5. The maximum Gasteiger partial charge on any atom is 0.107 e. The number of hydrogen-bond donors (Lipinski definition) is 1. The van der Waals surface area contributed by atoms with Gasteiger partial charge in [-0.15, -0.1) is 0 Å². The van der Waals surface area contributed by atoms with Crippen LogP contribution in [0.3, 0.4) is 0 Å². The number of rotatable bonds is 2. The third-order valence-corrected chi connectivity index (χ3v) is 1.87. The smallest absolute Gasteiger partial charge is 0.107 e. The fraction of sp³-hybridized carbons (Fsp3) is 0.625. The standard InChI is InChI=1S/C8H15N3/c1-6-5-11(7(2)9-4)8(3)10-6/h5,7,9H,1-4H3. The molecule has 1 rings (SSSR count). The van der Waals surface area contributed by atoms with Crippen LogP contribution in [0.2, 0.25) is 0 Å². The first-order valence-electron chi connectivity index (χ1n) is 3.84. The van der Waals surface area contributed by atoms with Crippen LogP contribution in [0.5, 0.6) is 0 Å². The molecule has 0 fully saturated rings. The van der Waals surface area contributed by atoms with Crippen molar-refractivity contribution >= 4 is 0 Å². The van der Waals surface area contributed by atoms with Gasteiger partial charge in [0.25, 0.3) is 0 Å². The summed E-state index contributed by atoms with van der Waals surface area (Å²) in [6, 6.07) is 0. The van der Waals surface area contributed by atoms with E-state index < -0.39 is 0 Å². The first-order valence-corrected chi connectivity index (χ1v) is 3.84. The van der Waals surface area contributed by atoms with Crippen LogP contribution in [0.25, 0.3) is 0 Å². The Morgan fingerprint density at radius 2 is 2.18 bits per heavy atom. The van der Waals surface area contributed by atoms with Crippen molar-refractivity contribution < 1.29 is 0 Å². The summed E-state index contributed by atoms with van der Waals surface area (Å²) in [5.41, 5.74) is 1.07. The summed E-state index contributed by atoms with van der Waals surface area (Å²) in [4.78, 5) is 4.30. The Balaban J connectivity index is 2.93. The molecule has 0 aromatic carbocycles. The van der Waals surface area contributed by atoms with Crippen LogP contribution in [-0.2, 0) is 0 Å². The minimum absolute atomic E-state index is 0.330. The maximum absolute atomic E-state index is 4.30. The van der Waals surface area contributed by atoms with Gasteiger partial charge < -0.3 is 9.88 Å². The van der Waals surface area contributed by atoms with Gasteiger partial charge in [0.15, 0.2) is 0 Å². The van der Waals surface area contributed by atoms with Crippen LogP contribution in [0.4, 0.5) is 0 Å². The van der Waals surface area contributed by atoms with Crippen molar-refractivity contribution in [3.63, 3.8) is 0 Å². The van der Waals surface area contributed by atoms with Crippen molar-refractivity contribution in [3.8, 4) is 0 Å². The molecule has 0 amide bonds. The van der Waals surface area contributed by atoms with Gasteiger partial charge in [-0.3, -0.25) is 0 Å². The molecule has 0 aliphatic heterocycles. The quantitative estimate of drug-likeness (QED) is 0.692. The van der Waals surface area contributed by atoms with Crippen molar-refractivity contribution in [1.82, 2.24) is 14.9 Å². The molecule has 1 aromatic rings. The minimum Gasteiger partial charge on any atom is -0.319 e. The zero-order chi connectivity index (χ0) is 8.43. The lowest BCUT2D eigenvalue weighted by Crippen LogP contribution is -2.19. The van der Waals surface area contributed by atoms with Gasteiger partial charge in [0, 0.05) is 6.20 Å². The van der Waals surface area contributed by atoms with E-state index in [-0.39, 0.29) is 0 Å². The summed E-state index contributed by atoms with van der Waals surface area (Å²) in [5.74, 6) is 1.06. The molecule has 1 N–H and O–H groups in total. The summed E-state index contributed by atoms with van der Waals surface area (Å²) in [5, 5.41) is 3.16. The Morgan fingerprint density at radius 3 is 2.55 bits per heavy atom. The molecule has 0 aliphatic rings. The Kier molecular flexibility index (Phi) is 2.29. The second kappa shape index (κ2) is 3.05. The van der Waals surface area contributed by atoms with Crippen LogP contribution < -0.4 is 5.32 Å². The summed E-state index contributed by atoms with van der Waals surface area (Å²) in [6.07, 6.45) is 2.38. The molecule has 0 saturated carbocycles. The maximum atomic E-state index is 4.30. The van der Waals surface area contributed by atoms with Gasteiger partial charge in [-0.1, -0.05) is 0 Å². The summed E-state index contributed by atoms with van der Waals surface area (Å²) in [7, 11) is 1.94. The first kappa shape index (κ1) is 8.27. The van der Waals surface area contributed by atoms with Gasteiger partial charge >= 0.3 is 0 Å². The molecule has 0 spiro atoms. The number of hydrogen-bond acceptors (Lipinski definition) is 2. The largest absolute Gasteiger partial charge is 0.319 e. The van der Waals surface area contributed by atoms with Crippen LogP contribution >= 0.6 is 0 Å². The Hall–Kier alpha value is -0.830. The Morgan fingerprint density at radius 1 is 1.55 bits per heavy atom. The molecule has 1 atom stereocenters. The fourth-order valence-corrected chi connectivity index (χ4v) is 1.17. The highest BCUT2D eigenvalue weighted by Gasteiger charge is 2.04. The number of imidazole rings is 1. The molecule has 0 saturated heterocycles. The fourth-order valence-electron chi connectivity index (χ4n) is 1.17. The van der Waals surface area contributed by atoms with Crippen LogP contribution in [0, 0.1) is 13.8 Å². The molecule has 0 bridgehead atoms. The van der Waals surface area contributed by atoms with E-state index in [1.54, 1.807) is 0 Å². The lowest BCUT2D eigenvalue weighted by molar-refractivity contribution is 0.467. The molecule has 3 heteroatoms. The third-order valence-electron chi connectivity index (χ3n) is 1.87. The molecule has 1 unspecified atom stereocenters. The second-order valence-corrected chi connectivity index (χ2v) is 2.80. The van der Waals surface area contributed by atoms with Gasteiger partial charge in [0.1, 0.15) is 5.82 Å². The van der Waals surface area contributed by atoms with E-state index in [1.807, 2.05) is 20.9 Å². The van der Waals surface area contributed by atoms with Crippen molar-refractivity contribution in [3.05, 3.63) is 17.7 Å². The molecular formula is C8H15N3. The van der Waals surface area contributed by atoms with Gasteiger partial charge in [-0.05, 0) is 27.8 Å². The SMILES string of the molecule is CNC(C)n1cc(C)nc1C. The van der Waals surface area contributed by atoms with E-state index in [0.717, 1.165) is 11.5 Å². The summed E-state index contributed by atoms with van der Waals surface area (Å²) < 4.78 is 2.12. The average molecular weight is 153 g/mol. The molecular weight excluding hydrogens is 138 g/mol. The monoisotopic (exact) mass is 153 g/mol. The van der Waals surface area contributed by atoms with Crippen LogP contribution in [0.1, 0.15) is 24.6 Å². The van der Waals surface area contributed by atoms with Gasteiger partial charge in [0.2, 0.25) is 0 Å². The predicted octanol–water partition coefficient (Wildman–Crippen LogP) is 1.24. The van der Waals surface area contributed by atoms with Gasteiger partial charge in [0.05, 0.1) is 11.9 Å². The zero-order valence-corrected chi connectivity index (χ0v) is 7.55. The highest BCUT2D eigenvalue weighted by Crippen LogP contribution is 2.06. The van der Waals surface area contributed by atoms with E-state index in [9.17, 15) is 0 Å². The molecule has 1 aromatic heterocycles. The zero-order valence-electron chi connectivity index (χ0n) is 7.55. The van der Waals surface area contributed by atoms with Crippen LogP contribution in [-0.4, -0.2) is 16.6 Å². The van der Waals surface area contributed by atoms with Gasteiger partial charge in [-0.2, -0.15) is 0 Å². The minimum atomic E-state index is 0.330.